The summed E-state index contributed by atoms with van der Waals surface area (Å²) in [6.07, 6.45) is 0. The van der Waals surface area contributed by atoms with E-state index in [0.717, 1.165) is 18.0 Å². The third kappa shape index (κ3) is 5.01. The van der Waals surface area contributed by atoms with E-state index < -0.39 is 0 Å². The molecule has 2 saturated heterocycles. The van der Waals surface area contributed by atoms with Gasteiger partial charge in [0.15, 0.2) is 6.54 Å². The smallest absolute Gasteiger partial charge is 0.320 e. The summed E-state index contributed by atoms with van der Waals surface area (Å²) in [5.41, 5.74) is 0.630. The van der Waals surface area contributed by atoms with E-state index in [4.69, 9.17) is 27.9 Å². The number of morpholine rings is 1. The van der Waals surface area contributed by atoms with Gasteiger partial charge in [0.2, 0.25) is 0 Å². The van der Waals surface area contributed by atoms with E-state index in [-0.39, 0.29) is 11.9 Å². The van der Waals surface area contributed by atoms with Crippen molar-refractivity contribution in [1.82, 2.24) is 9.80 Å². The highest BCUT2D eigenvalue weighted by Gasteiger charge is 2.28. The fraction of sp³-hybridized carbons (Fsp3) is 0.529. The van der Waals surface area contributed by atoms with E-state index in [2.05, 4.69) is 5.32 Å². The number of piperazine rings is 1. The monoisotopic (exact) mass is 401 g/mol. The Bertz CT molecular complexity index is 659. The molecule has 1 aromatic rings. The number of halogens is 2. The predicted octanol–water partition coefficient (Wildman–Crippen LogP) is 0.585. The van der Waals surface area contributed by atoms with Gasteiger partial charge in [-0.25, -0.2) is 4.79 Å². The Labute approximate surface area is 162 Å². The van der Waals surface area contributed by atoms with Crippen LogP contribution in [0.15, 0.2) is 18.2 Å². The van der Waals surface area contributed by atoms with Crippen LogP contribution >= 0.6 is 23.2 Å². The van der Waals surface area contributed by atoms with Gasteiger partial charge >= 0.3 is 6.03 Å². The maximum absolute atomic E-state index is 12.5. The molecule has 9 heteroatoms. The number of carbonyl (C=O) groups is 2. The van der Waals surface area contributed by atoms with E-state index in [1.807, 2.05) is 9.80 Å². The molecule has 0 saturated carbocycles. The molecule has 142 valence electrons. The van der Waals surface area contributed by atoms with E-state index >= 15 is 0 Å². The van der Waals surface area contributed by atoms with Crippen molar-refractivity contribution in [3.05, 3.63) is 28.2 Å². The minimum atomic E-state index is -0.0775. The Morgan fingerprint density at radius 1 is 1.04 bits per heavy atom. The molecule has 0 unspecified atom stereocenters. The SMILES string of the molecule is O=C(C[NH+]1CCN(C(=O)N2CCOCC2)CC1)Nc1ccc(Cl)c(Cl)c1. The number of hydrogen-bond acceptors (Lipinski definition) is 3. The van der Waals surface area contributed by atoms with Crippen LogP contribution in [0.3, 0.4) is 0 Å². The van der Waals surface area contributed by atoms with Gasteiger partial charge in [0, 0.05) is 18.8 Å². The number of amides is 3. The number of anilines is 1. The molecule has 0 atom stereocenters. The zero-order valence-corrected chi connectivity index (χ0v) is 16.0. The van der Waals surface area contributed by atoms with Crippen molar-refractivity contribution in [3.8, 4) is 0 Å². The van der Waals surface area contributed by atoms with Crippen molar-refractivity contribution in [3.63, 3.8) is 0 Å². The van der Waals surface area contributed by atoms with Crippen LogP contribution in [0.4, 0.5) is 10.5 Å². The summed E-state index contributed by atoms with van der Waals surface area (Å²) in [5.74, 6) is -0.0775. The molecule has 3 rings (SSSR count). The molecule has 2 N–H and O–H groups in total. The number of carbonyl (C=O) groups excluding carboxylic acids is 2. The number of benzene rings is 1. The second-order valence-corrected chi connectivity index (χ2v) is 7.29. The molecule has 26 heavy (non-hydrogen) atoms. The molecule has 1 aromatic carbocycles. The Morgan fingerprint density at radius 3 is 2.35 bits per heavy atom. The number of nitrogens with zero attached hydrogens (tertiary/aromatic N) is 2. The van der Waals surface area contributed by atoms with Gasteiger partial charge in [-0.1, -0.05) is 23.2 Å². The van der Waals surface area contributed by atoms with Gasteiger partial charge in [-0.3, -0.25) is 4.79 Å². The van der Waals surface area contributed by atoms with Crippen molar-refractivity contribution in [1.29, 1.82) is 0 Å². The highest BCUT2D eigenvalue weighted by Crippen LogP contribution is 2.24. The zero-order valence-electron chi connectivity index (χ0n) is 14.5. The van der Waals surface area contributed by atoms with Crippen LogP contribution in [-0.2, 0) is 9.53 Å². The molecule has 0 bridgehead atoms. The Hall–Kier alpha value is -1.54. The quantitative estimate of drug-likeness (QED) is 0.778. The first kappa shape index (κ1) is 19.2. The van der Waals surface area contributed by atoms with Gasteiger partial charge in [-0.15, -0.1) is 0 Å². The molecule has 0 spiro atoms. The minimum absolute atomic E-state index is 0.0765. The highest BCUT2D eigenvalue weighted by atomic mass is 35.5. The number of ether oxygens (including phenoxy) is 1. The molecule has 2 fully saturated rings. The fourth-order valence-corrected chi connectivity index (χ4v) is 3.45. The third-order valence-electron chi connectivity index (χ3n) is 4.64. The summed E-state index contributed by atoms with van der Waals surface area (Å²) in [6, 6.07) is 5.09. The molecular formula is C17H23Cl2N4O3+. The summed E-state index contributed by atoms with van der Waals surface area (Å²) in [5, 5.41) is 3.70. The molecule has 2 aliphatic heterocycles. The maximum atomic E-state index is 12.5. The summed E-state index contributed by atoms with van der Waals surface area (Å²) < 4.78 is 5.28. The van der Waals surface area contributed by atoms with Gasteiger partial charge < -0.3 is 24.8 Å². The lowest BCUT2D eigenvalue weighted by Gasteiger charge is -2.36. The number of rotatable bonds is 3. The summed E-state index contributed by atoms with van der Waals surface area (Å²) >= 11 is 11.8. The Balaban J connectivity index is 1.43. The number of nitrogens with one attached hydrogen (secondary N) is 2. The normalized spacial score (nSPS) is 18.7. The first-order valence-corrected chi connectivity index (χ1v) is 9.48. The van der Waals surface area contributed by atoms with Gasteiger partial charge in [-0.05, 0) is 18.2 Å². The van der Waals surface area contributed by atoms with Gasteiger partial charge in [0.1, 0.15) is 0 Å². The molecule has 0 aromatic heterocycles. The second kappa shape index (κ2) is 8.90. The topological polar surface area (TPSA) is 66.3 Å². The van der Waals surface area contributed by atoms with Crippen LogP contribution < -0.4 is 10.2 Å². The Kier molecular flexibility index (Phi) is 6.58. The van der Waals surface area contributed by atoms with E-state index in [1.54, 1.807) is 18.2 Å². The molecular weight excluding hydrogens is 379 g/mol. The van der Waals surface area contributed by atoms with Crippen LogP contribution in [0.2, 0.25) is 10.0 Å². The second-order valence-electron chi connectivity index (χ2n) is 6.47. The number of urea groups is 1. The maximum Gasteiger partial charge on any atom is 0.320 e. The fourth-order valence-electron chi connectivity index (χ4n) is 3.15. The van der Waals surface area contributed by atoms with E-state index in [0.29, 0.717) is 61.7 Å². The molecule has 2 heterocycles. The van der Waals surface area contributed by atoms with Gasteiger partial charge in [0.05, 0.1) is 49.4 Å². The van der Waals surface area contributed by atoms with E-state index in [9.17, 15) is 9.59 Å². The van der Waals surface area contributed by atoms with Crippen LogP contribution in [-0.4, -0.2) is 80.8 Å². The Morgan fingerprint density at radius 2 is 1.69 bits per heavy atom. The van der Waals surface area contributed by atoms with Crippen molar-refractivity contribution >= 4 is 40.8 Å². The van der Waals surface area contributed by atoms with Gasteiger partial charge in [-0.2, -0.15) is 0 Å². The predicted molar refractivity (Wildman–Crippen MR) is 100 cm³/mol. The summed E-state index contributed by atoms with van der Waals surface area (Å²) in [7, 11) is 0. The number of quaternary nitrogens is 1. The standard InChI is InChI=1S/C17H22Cl2N4O3/c18-14-2-1-13(11-15(14)19)20-16(24)12-21-3-5-22(6-4-21)17(25)23-7-9-26-10-8-23/h1-2,11H,3-10,12H2,(H,20,24)/p+1. The minimum Gasteiger partial charge on any atom is -0.378 e. The van der Waals surface area contributed by atoms with Crippen LogP contribution in [0.5, 0.6) is 0 Å². The summed E-state index contributed by atoms with van der Waals surface area (Å²) in [6.45, 7) is 5.69. The molecule has 2 aliphatic rings. The number of hydrogen-bond donors (Lipinski definition) is 2. The van der Waals surface area contributed by atoms with E-state index in [1.165, 1.54) is 0 Å². The highest BCUT2D eigenvalue weighted by molar-refractivity contribution is 6.42. The molecule has 7 nitrogen and oxygen atoms in total. The van der Waals surface area contributed by atoms with Crippen molar-refractivity contribution in [2.24, 2.45) is 0 Å². The zero-order chi connectivity index (χ0) is 18.5. The largest absolute Gasteiger partial charge is 0.378 e. The lowest BCUT2D eigenvalue weighted by atomic mass is 10.3. The first-order chi connectivity index (χ1) is 12.5. The van der Waals surface area contributed by atoms with Gasteiger partial charge in [0.25, 0.3) is 5.91 Å². The average molecular weight is 402 g/mol. The van der Waals surface area contributed by atoms with Crippen LogP contribution in [0.1, 0.15) is 0 Å². The molecule has 3 amide bonds. The van der Waals surface area contributed by atoms with Crippen LogP contribution in [0, 0.1) is 0 Å². The van der Waals surface area contributed by atoms with Crippen molar-refractivity contribution in [2.45, 2.75) is 0 Å². The lowest BCUT2D eigenvalue weighted by Crippen LogP contribution is -3.15. The first-order valence-electron chi connectivity index (χ1n) is 8.73. The third-order valence-corrected chi connectivity index (χ3v) is 5.38. The van der Waals surface area contributed by atoms with Crippen LogP contribution in [0.25, 0.3) is 0 Å². The lowest BCUT2D eigenvalue weighted by molar-refractivity contribution is -0.895. The van der Waals surface area contributed by atoms with Crippen molar-refractivity contribution < 1.29 is 19.2 Å². The molecule has 0 radical (unpaired) electrons. The average Bonchev–Trinajstić information content (AvgIpc) is 2.65. The van der Waals surface area contributed by atoms with Crippen molar-refractivity contribution in [2.75, 3.05) is 64.3 Å². The summed E-state index contributed by atoms with van der Waals surface area (Å²) in [4.78, 5) is 29.6. The molecule has 0 aliphatic carbocycles.